The van der Waals surface area contributed by atoms with Gasteiger partial charge in [-0.1, -0.05) is 34.8 Å². The van der Waals surface area contributed by atoms with Crippen LogP contribution in [-0.2, 0) is 0 Å². The van der Waals surface area contributed by atoms with Crippen molar-refractivity contribution in [2.45, 2.75) is 3.79 Å². The van der Waals surface area contributed by atoms with Crippen LogP contribution in [0, 0.1) is 5.39 Å². The average molecular weight is 188 g/mol. The maximum absolute atomic E-state index is 8.60. The molecule has 0 unspecified atom stereocenters. The lowest BCUT2D eigenvalue weighted by Gasteiger charge is -2.03. The number of rotatable bonds is 0. The summed E-state index contributed by atoms with van der Waals surface area (Å²) in [4.78, 5) is 2.44. The fourth-order valence-corrected chi connectivity index (χ4v) is 0.274. The molecule has 9 heavy (non-hydrogen) atoms. The standard InChI is InChI=1S/C3HCl3N2O/c4-3(5,6)2(9)1-8-7/h1H/p+1/b2-1-. The number of nitrogens with zero attached hydrogens (tertiary/aromatic N) is 2. The zero-order valence-electron chi connectivity index (χ0n) is 4.05. The topological polar surface area (TPSA) is 48.4 Å². The number of hydrogen-bond donors (Lipinski definition) is 1. The van der Waals surface area contributed by atoms with Gasteiger partial charge in [0.1, 0.15) is 0 Å². The first kappa shape index (κ1) is 8.83. The van der Waals surface area contributed by atoms with Crippen LogP contribution < -0.4 is 0 Å². The molecule has 50 valence electrons. The van der Waals surface area contributed by atoms with Gasteiger partial charge in [-0.3, -0.25) is 0 Å². The summed E-state index contributed by atoms with van der Waals surface area (Å²) in [6.07, 6.45) is 0.632. The van der Waals surface area contributed by atoms with Crippen LogP contribution in [0.3, 0.4) is 0 Å². The number of allylic oxidation sites excluding steroid dienone is 1. The molecule has 3 nitrogen and oxygen atoms in total. The molecule has 0 atom stereocenters. The summed E-state index contributed by atoms with van der Waals surface area (Å²) in [5.41, 5.74) is 0. The summed E-state index contributed by atoms with van der Waals surface area (Å²) < 4.78 is -1.91. The number of diazo groups is 1. The molecular formula is C3H2Cl3N2O+. The third-order valence-electron chi connectivity index (χ3n) is 0.470. The molecule has 0 aliphatic rings. The van der Waals surface area contributed by atoms with Crippen molar-refractivity contribution in [2.75, 3.05) is 0 Å². The number of alkyl halides is 3. The van der Waals surface area contributed by atoms with Gasteiger partial charge in [-0.25, -0.2) is 0 Å². The Bertz CT molecular complexity index is 165. The van der Waals surface area contributed by atoms with Gasteiger partial charge in [0.2, 0.25) is 11.2 Å². The molecule has 0 bridgehead atoms. The summed E-state index contributed by atoms with van der Waals surface area (Å²) >= 11 is 15.3. The third-order valence-corrected chi connectivity index (χ3v) is 1.05. The largest absolute Gasteiger partial charge is 0.502 e. The Labute approximate surface area is 66.4 Å². The van der Waals surface area contributed by atoms with Crippen molar-refractivity contribution >= 4 is 34.8 Å². The van der Waals surface area contributed by atoms with Crippen molar-refractivity contribution in [1.29, 1.82) is 5.39 Å². The Morgan fingerprint density at radius 3 is 2.11 bits per heavy atom. The highest BCUT2D eigenvalue weighted by Gasteiger charge is 2.28. The van der Waals surface area contributed by atoms with E-state index in [9.17, 15) is 0 Å². The summed E-state index contributed by atoms with van der Waals surface area (Å²) in [5.74, 6) is -0.630. The molecule has 0 aromatic rings. The molecule has 1 N–H and O–H groups in total. The predicted octanol–water partition coefficient (Wildman–Crippen LogP) is 2.61. The molecule has 0 aliphatic heterocycles. The van der Waals surface area contributed by atoms with Gasteiger partial charge in [-0.2, -0.15) is 0 Å². The van der Waals surface area contributed by atoms with E-state index in [0.29, 0.717) is 6.20 Å². The third kappa shape index (κ3) is 3.41. The van der Waals surface area contributed by atoms with Gasteiger partial charge in [0.15, 0.2) is 4.98 Å². The minimum Gasteiger partial charge on any atom is -0.502 e. The van der Waals surface area contributed by atoms with Crippen LogP contribution in [0.4, 0.5) is 0 Å². The molecule has 0 heterocycles. The molecule has 0 aromatic carbocycles. The highest BCUT2D eigenvalue weighted by atomic mass is 35.6. The van der Waals surface area contributed by atoms with Gasteiger partial charge < -0.3 is 5.11 Å². The molecule has 0 amide bonds. The average Bonchev–Trinajstić information content (AvgIpc) is 1.64. The molecule has 0 fully saturated rings. The summed E-state index contributed by atoms with van der Waals surface area (Å²) in [7, 11) is 0. The molecule has 0 saturated carbocycles. The quantitative estimate of drug-likeness (QED) is 0.361. The van der Waals surface area contributed by atoms with Gasteiger partial charge >= 0.3 is 6.20 Å². The van der Waals surface area contributed by atoms with Crippen LogP contribution in [-0.4, -0.2) is 8.90 Å². The van der Waals surface area contributed by atoms with E-state index in [-0.39, 0.29) is 0 Å². The SMILES string of the molecule is N#[N+]/C=C(\O)C(Cl)(Cl)Cl. The van der Waals surface area contributed by atoms with E-state index < -0.39 is 9.55 Å². The highest BCUT2D eigenvalue weighted by Crippen LogP contribution is 2.32. The van der Waals surface area contributed by atoms with Gasteiger partial charge in [0.25, 0.3) is 3.79 Å². The van der Waals surface area contributed by atoms with Crippen LogP contribution in [0.1, 0.15) is 0 Å². The lowest BCUT2D eigenvalue weighted by molar-refractivity contribution is 0.402. The fourth-order valence-electron chi connectivity index (χ4n) is 0.128. The second-order valence-corrected chi connectivity index (χ2v) is 3.41. The smallest absolute Gasteiger partial charge is 0.391 e. The Morgan fingerprint density at radius 2 is 2.00 bits per heavy atom. The van der Waals surface area contributed by atoms with E-state index in [4.69, 9.17) is 45.3 Å². The van der Waals surface area contributed by atoms with E-state index in [1.54, 1.807) is 0 Å². The highest BCUT2D eigenvalue weighted by molar-refractivity contribution is 6.69. The van der Waals surface area contributed by atoms with Crippen molar-refractivity contribution in [3.8, 4) is 0 Å². The summed E-state index contributed by atoms with van der Waals surface area (Å²) in [5, 5.41) is 16.4. The van der Waals surface area contributed by atoms with Crippen molar-refractivity contribution in [3.05, 3.63) is 16.9 Å². The minimum atomic E-state index is -1.91. The molecule has 0 radical (unpaired) electrons. The Balaban J connectivity index is 4.25. The second kappa shape index (κ2) is 3.11. The molecule has 6 heteroatoms. The Morgan fingerprint density at radius 1 is 1.56 bits per heavy atom. The lowest BCUT2D eigenvalue weighted by Crippen LogP contribution is -2.04. The first-order valence-corrected chi connectivity index (χ1v) is 2.92. The van der Waals surface area contributed by atoms with E-state index >= 15 is 0 Å². The van der Waals surface area contributed by atoms with Crippen LogP contribution in [0.15, 0.2) is 12.0 Å². The van der Waals surface area contributed by atoms with E-state index in [2.05, 4.69) is 4.98 Å². The van der Waals surface area contributed by atoms with E-state index in [0.717, 1.165) is 0 Å². The zero-order chi connectivity index (χ0) is 7.49. The van der Waals surface area contributed by atoms with E-state index in [1.165, 1.54) is 0 Å². The second-order valence-electron chi connectivity index (χ2n) is 1.13. The molecule has 0 rings (SSSR count). The maximum atomic E-state index is 8.60. The van der Waals surface area contributed by atoms with Crippen LogP contribution in [0.5, 0.6) is 0 Å². The predicted molar refractivity (Wildman–Crippen MR) is 36.1 cm³/mol. The first-order valence-electron chi connectivity index (χ1n) is 1.79. The van der Waals surface area contributed by atoms with Crippen LogP contribution in [0.2, 0.25) is 0 Å². The monoisotopic (exact) mass is 187 g/mol. The minimum absolute atomic E-state index is 0.630. The molecule has 0 aromatic heterocycles. The van der Waals surface area contributed by atoms with Crippen LogP contribution in [0.25, 0.3) is 4.98 Å². The lowest BCUT2D eigenvalue weighted by atomic mass is 10.6. The van der Waals surface area contributed by atoms with Crippen molar-refractivity contribution in [1.82, 2.24) is 0 Å². The van der Waals surface area contributed by atoms with Crippen molar-refractivity contribution in [2.24, 2.45) is 0 Å². The van der Waals surface area contributed by atoms with Crippen LogP contribution >= 0.6 is 34.8 Å². The normalized spacial score (nSPS) is 12.9. The fraction of sp³-hybridized carbons (Fsp3) is 0.333. The number of aliphatic hydroxyl groups is 1. The zero-order valence-corrected chi connectivity index (χ0v) is 6.32. The number of aliphatic hydroxyl groups excluding tert-OH is 1. The molecular weight excluding hydrogens is 186 g/mol. The van der Waals surface area contributed by atoms with Gasteiger partial charge in [-0.05, 0) is 0 Å². The van der Waals surface area contributed by atoms with Crippen molar-refractivity contribution in [3.63, 3.8) is 0 Å². The Kier molecular flexibility index (Phi) is 3.06. The maximum Gasteiger partial charge on any atom is 0.391 e. The van der Waals surface area contributed by atoms with Crippen molar-refractivity contribution < 1.29 is 5.11 Å². The number of hydrogen-bond acceptors (Lipinski definition) is 2. The molecule has 0 spiro atoms. The summed E-state index contributed by atoms with van der Waals surface area (Å²) in [6, 6.07) is 0. The Hall–Kier alpha value is -0.170. The molecule has 0 aliphatic carbocycles. The summed E-state index contributed by atoms with van der Waals surface area (Å²) in [6.45, 7) is 0. The number of halogens is 3. The first-order chi connectivity index (χ1) is 3.98. The van der Waals surface area contributed by atoms with Gasteiger partial charge in [0.05, 0.1) is 0 Å². The van der Waals surface area contributed by atoms with Gasteiger partial charge in [0, 0.05) is 0 Å². The van der Waals surface area contributed by atoms with E-state index in [1.807, 2.05) is 0 Å². The molecule has 0 saturated heterocycles. The van der Waals surface area contributed by atoms with Gasteiger partial charge in [-0.15, -0.1) is 0 Å².